The molecule has 1 heterocycles. The summed E-state index contributed by atoms with van der Waals surface area (Å²) in [6.07, 6.45) is 2.69. The molecule has 2 nitrogen and oxygen atoms in total. The number of aromatic nitrogens is 1. The molecule has 0 radical (unpaired) electrons. The Morgan fingerprint density at radius 2 is 2.25 bits per heavy atom. The Hall–Kier alpha value is -0.640. The highest BCUT2D eigenvalue weighted by atomic mass is 79.9. The number of rotatable bonds is 1. The fraction of sp³-hybridized carbons (Fsp3) is 0.375. The lowest BCUT2D eigenvalue weighted by Gasteiger charge is -2.05. The second kappa shape index (κ2) is 2.42. The van der Waals surface area contributed by atoms with Gasteiger partial charge in [-0.25, -0.2) is 4.39 Å². The van der Waals surface area contributed by atoms with Gasteiger partial charge >= 0.3 is 0 Å². The SMILES string of the molecule is Nc1cc(C2(F)CC2)ncc1Br. The average Bonchev–Trinajstić information content (AvgIpc) is 2.75. The van der Waals surface area contributed by atoms with Crippen molar-refractivity contribution in [3.63, 3.8) is 0 Å². The van der Waals surface area contributed by atoms with Crippen LogP contribution in [0.15, 0.2) is 16.7 Å². The summed E-state index contributed by atoms with van der Waals surface area (Å²) >= 11 is 3.21. The van der Waals surface area contributed by atoms with Gasteiger partial charge < -0.3 is 5.73 Å². The van der Waals surface area contributed by atoms with Crippen LogP contribution in [0.1, 0.15) is 18.5 Å². The van der Waals surface area contributed by atoms with Crippen molar-refractivity contribution in [1.82, 2.24) is 4.98 Å². The Morgan fingerprint density at radius 1 is 1.58 bits per heavy atom. The molecule has 1 aromatic rings. The Balaban J connectivity index is 2.41. The van der Waals surface area contributed by atoms with Crippen molar-refractivity contribution in [2.24, 2.45) is 0 Å². The maximum Gasteiger partial charge on any atom is 0.153 e. The normalized spacial score (nSPS) is 19.2. The molecule has 1 aromatic heterocycles. The van der Waals surface area contributed by atoms with E-state index in [1.807, 2.05) is 0 Å². The first-order valence-corrected chi connectivity index (χ1v) is 4.51. The lowest BCUT2D eigenvalue weighted by Crippen LogP contribution is -2.02. The van der Waals surface area contributed by atoms with Crippen LogP contribution in [0.4, 0.5) is 10.1 Å². The first kappa shape index (κ1) is 7.98. The van der Waals surface area contributed by atoms with E-state index >= 15 is 0 Å². The number of nitrogen functional groups attached to an aromatic ring is 1. The maximum atomic E-state index is 13.4. The van der Waals surface area contributed by atoms with Gasteiger partial charge in [0.15, 0.2) is 5.67 Å². The number of pyridine rings is 1. The van der Waals surface area contributed by atoms with Gasteiger partial charge in [-0.15, -0.1) is 0 Å². The fourth-order valence-corrected chi connectivity index (χ4v) is 1.28. The molecule has 0 aliphatic heterocycles. The zero-order valence-corrected chi connectivity index (χ0v) is 7.94. The molecule has 1 saturated carbocycles. The lowest BCUT2D eigenvalue weighted by atomic mass is 10.2. The predicted octanol–water partition coefficient (Wildman–Crippen LogP) is 2.38. The molecule has 0 spiro atoms. The van der Waals surface area contributed by atoms with Gasteiger partial charge in [-0.2, -0.15) is 0 Å². The smallest absolute Gasteiger partial charge is 0.153 e. The van der Waals surface area contributed by atoms with Crippen molar-refractivity contribution in [2.45, 2.75) is 18.5 Å². The topological polar surface area (TPSA) is 38.9 Å². The van der Waals surface area contributed by atoms with Crippen LogP contribution >= 0.6 is 15.9 Å². The minimum Gasteiger partial charge on any atom is -0.398 e. The van der Waals surface area contributed by atoms with E-state index in [9.17, 15) is 4.39 Å². The zero-order valence-electron chi connectivity index (χ0n) is 6.35. The van der Waals surface area contributed by atoms with Crippen LogP contribution in [0.2, 0.25) is 0 Å². The van der Waals surface area contributed by atoms with Gasteiger partial charge in [-0.05, 0) is 34.8 Å². The van der Waals surface area contributed by atoms with Crippen LogP contribution in [-0.4, -0.2) is 4.98 Å². The zero-order chi connectivity index (χ0) is 8.77. The third kappa shape index (κ3) is 1.20. The molecule has 0 atom stereocenters. The second-order valence-electron chi connectivity index (χ2n) is 3.06. The molecule has 1 fully saturated rings. The molecule has 0 amide bonds. The van der Waals surface area contributed by atoms with Gasteiger partial charge in [0.05, 0.1) is 10.2 Å². The molecule has 2 N–H and O–H groups in total. The Kier molecular flexibility index (Phi) is 1.61. The van der Waals surface area contributed by atoms with Crippen molar-refractivity contribution >= 4 is 21.6 Å². The Morgan fingerprint density at radius 3 is 2.75 bits per heavy atom. The molecule has 12 heavy (non-hydrogen) atoms. The summed E-state index contributed by atoms with van der Waals surface area (Å²) in [5, 5.41) is 0. The molecule has 1 aliphatic rings. The molecule has 0 saturated heterocycles. The van der Waals surface area contributed by atoms with Gasteiger partial charge in [0.25, 0.3) is 0 Å². The third-order valence-corrected chi connectivity index (χ3v) is 2.70. The minimum absolute atomic E-state index is 0.461. The van der Waals surface area contributed by atoms with Crippen molar-refractivity contribution < 1.29 is 4.39 Å². The van der Waals surface area contributed by atoms with E-state index in [1.54, 1.807) is 12.3 Å². The number of hydrogen-bond donors (Lipinski definition) is 1. The highest BCUT2D eigenvalue weighted by molar-refractivity contribution is 9.10. The van der Waals surface area contributed by atoms with E-state index in [-0.39, 0.29) is 0 Å². The number of alkyl halides is 1. The van der Waals surface area contributed by atoms with Crippen LogP contribution in [0.25, 0.3) is 0 Å². The van der Waals surface area contributed by atoms with E-state index in [0.717, 1.165) is 4.47 Å². The summed E-state index contributed by atoms with van der Waals surface area (Å²) in [4.78, 5) is 3.97. The maximum absolute atomic E-state index is 13.4. The Bertz CT molecular complexity index is 323. The summed E-state index contributed by atoms with van der Waals surface area (Å²) < 4.78 is 14.1. The summed E-state index contributed by atoms with van der Waals surface area (Å²) in [7, 11) is 0. The highest BCUT2D eigenvalue weighted by Gasteiger charge is 2.46. The summed E-state index contributed by atoms with van der Waals surface area (Å²) in [6, 6.07) is 1.59. The third-order valence-electron chi connectivity index (χ3n) is 2.03. The van der Waals surface area contributed by atoms with Crippen LogP contribution in [-0.2, 0) is 5.67 Å². The lowest BCUT2D eigenvalue weighted by molar-refractivity contribution is 0.309. The van der Waals surface area contributed by atoms with E-state index in [1.165, 1.54) is 0 Å². The van der Waals surface area contributed by atoms with Crippen molar-refractivity contribution in [1.29, 1.82) is 0 Å². The molecular weight excluding hydrogens is 223 g/mol. The molecule has 4 heteroatoms. The van der Waals surface area contributed by atoms with Crippen LogP contribution in [0.5, 0.6) is 0 Å². The number of anilines is 1. The largest absolute Gasteiger partial charge is 0.398 e. The van der Waals surface area contributed by atoms with Gasteiger partial charge in [0.1, 0.15) is 0 Å². The summed E-state index contributed by atoms with van der Waals surface area (Å²) in [6.45, 7) is 0. The monoisotopic (exact) mass is 230 g/mol. The van der Waals surface area contributed by atoms with E-state index in [2.05, 4.69) is 20.9 Å². The number of nitrogens with zero attached hydrogens (tertiary/aromatic N) is 1. The fourth-order valence-electron chi connectivity index (χ4n) is 1.07. The molecule has 0 unspecified atom stereocenters. The summed E-state index contributed by atoms with van der Waals surface area (Å²) in [5.74, 6) is 0. The van der Waals surface area contributed by atoms with Crippen LogP contribution in [0, 0.1) is 0 Å². The van der Waals surface area contributed by atoms with E-state index in [4.69, 9.17) is 5.73 Å². The summed E-state index contributed by atoms with van der Waals surface area (Å²) in [5.41, 5.74) is 5.41. The molecule has 0 aromatic carbocycles. The molecule has 1 aliphatic carbocycles. The van der Waals surface area contributed by atoms with E-state index < -0.39 is 5.67 Å². The minimum atomic E-state index is -1.19. The molecular formula is C8H8BrFN2. The highest BCUT2D eigenvalue weighted by Crippen LogP contribution is 2.49. The van der Waals surface area contributed by atoms with Gasteiger partial charge in [-0.3, -0.25) is 4.98 Å². The average molecular weight is 231 g/mol. The van der Waals surface area contributed by atoms with Crippen molar-refractivity contribution in [3.8, 4) is 0 Å². The van der Waals surface area contributed by atoms with Gasteiger partial charge in [0, 0.05) is 11.9 Å². The first-order valence-electron chi connectivity index (χ1n) is 3.72. The molecule has 2 rings (SSSR count). The number of hydrogen-bond acceptors (Lipinski definition) is 2. The van der Waals surface area contributed by atoms with Gasteiger partial charge in [0.2, 0.25) is 0 Å². The number of halogens is 2. The standard InChI is InChI=1S/C8H8BrFN2/c9-5-4-12-7(3-6(5)11)8(10)1-2-8/h3-4H,1-2H2,(H2,11,12). The van der Waals surface area contributed by atoms with E-state index in [0.29, 0.717) is 24.2 Å². The van der Waals surface area contributed by atoms with Crippen LogP contribution < -0.4 is 5.73 Å². The quantitative estimate of drug-likeness (QED) is 0.805. The number of nitrogens with two attached hydrogens (primary N) is 1. The Labute approximate surface area is 78.1 Å². The predicted molar refractivity (Wildman–Crippen MR) is 48.4 cm³/mol. The van der Waals surface area contributed by atoms with Crippen molar-refractivity contribution in [3.05, 3.63) is 22.4 Å². The first-order chi connectivity index (χ1) is 5.62. The molecule has 64 valence electrons. The van der Waals surface area contributed by atoms with Crippen LogP contribution in [0.3, 0.4) is 0 Å². The van der Waals surface area contributed by atoms with Crippen molar-refractivity contribution in [2.75, 3.05) is 5.73 Å². The second-order valence-corrected chi connectivity index (χ2v) is 3.91. The molecule has 0 bridgehead atoms. The van der Waals surface area contributed by atoms with Gasteiger partial charge in [-0.1, -0.05) is 0 Å².